The molecular weight excluding hydrogens is 562 g/mol. The standard InChI is InChI=1S/C42H29N3O/c1-42(2)33-14-6-3-11-29(33)30-24-21-27(25-34(30)42)39-40(45-37-17-9-10-18-38(37)46-41(45)43-39)26-19-22-28(23-20-26)44-35-15-7-4-12-31(35)32-13-5-8-16-36(32)44/h3-25H,1-2H3. The van der Waals surface area contributed by atoms with Crippen molar-refractivity contribution in [2.45, 2.75) is 19.3 Å². The topological polar surface area (TPSA) is 35.4 Å². The first-order valence-corrected chi connectivity index (χ1v) is 15.8. The third kappa shape index (κ3) is 3.36. The second-order valence-corrected chi connectivity index (χ2v) is 12.8. The van der Waals surface area contributed by atoms with Gasteiger partial charge in [0.1, 0.15) is 5.69 Å². The zero-order chi connectivity index (χ0) is 30.6. The Hall–Kier alpha value is -5.87. The van der Waals surface area contributed by atoms with Gasteiger partial charge in [-0.05, 0) is 64.7 Å². The molecule has 6 aromatic carbocycles. The highest BCUT2D eigenvalue weighted by Crippen LogP contribution is 2.50. The van der Waals surface area contributed by atoms with Crippen molar-refractivity contribution in [3.05, 3.63) is 151 Å². The van der Waals surface area contributed by atoms with E-state index in [0.29, 0.717) is 5.84 Å². The van der Waals surface area contributed by atoms with Gasteiger partial charge in [0.25, 0.3) is 0 Å². The lowest BCUT2D eigenvalue weighted by molar-refractivity contribution is 0.642. The summed E-state index contributed by atoms with van der Waals surface area (Å²) >= 11 is 0. The van der Waals surface area contributed by atoms with Gasteiger partial charge in [-0.2, -0.15) is 4.98 Å². The van der Waals surface area contributed by atoms with E-state index < -0.39 is 0 Å². The van der Waals surface area contributed by atoms with Crippen molar-refractivity contribution in [2.75, 3.05) is 0 Å². The van der Waals surface area contributed by atoms with Crippen LogP contribution in [0.1, 0.15) is 25.0 Å². The van der Waals surface area contributed by atoms with Gasteiger partial charge in [0.2, 0.25) is 0 Å². The molecule has 3 aromatic heterocycles. The molecule has 9 aromatic rings. The third-order valence-electron chi connectivity index (χ3n) is 9.99. The summed E-state index contributed by atoms with van der Waals surface area (Å²) in [4.78, 5) is 5.16. The summed E-state index contributed by atoms with van der Waals surface area (Å²) in [7, 11) is 0. The van der Waals surface area contributed by atoms with Crippen molar-refractivity contribution in [2.24, 2.45) is 0 Å². The van der Waals surface area contributed by atoms with Crippen molar-refractivity contribution >= 4 is 38.7 Å². The van der Waals surface area contributed by atoms with E-state index in [4.69, 9.17) is 9.40 Å². The summed E-state index contributed by atoms with van der Waals surface area (Å²) < 4.78 is 10.9. The highest BCUT2D eigenvalue weighted by Gasteiger charge is 2.35. The number of fused-ring (bicyclic) bond motifs is 9. The fourth-order valence-electron chi connectivity index (χ4n) is 7.81. The second-order valence-electron chi connectivity index (χ2n) is 12.8. The maximum Gasteiger partial charge on any atom is 0.307 e. The molecule has 0 fully saturated rings. The minimum Gasteiger partial charge on any atom is -0.423 e. The maximum absolute atomic E-state index is 6.33. The Bertz CT molecular complexity index is 2610. The van der Waals surface area contributed by atoms with Crippen molar-refractivity contribution < 1.29 is 4.42 Å². The Morgan fingerprint density at radius 2 is 1.17 bits per heavy atom. The van der Waals surface area contributed by atoms with Crippen LogP contribution in [0.3, 0.4) is 0 Å². The number of para-hydroxylation sites is 4. The number of oxazole rings is 1. The summed E-state index contributed by atoms with van der Waals surface area (Å²) in [6, 6.07) is 49.9. The molecule has 1 aliphatic carbocycles. The molecule has 218 valence electrons. The highest BCUT2D eigenvalue weighted by molar-refractivity contribution is 6.09. The Balaban J connectivity index is 1.18. The normalized spacial score (nSPS) is 13.6. The Labute approximate surface area is 265 Å². The molecule has 0 saturated heterocycles. The lowest BCUT2D eigenvalue weighted by atomic mass is 9.82. The zero-order valence-corrected chi connectivity index (χ0v) is 25.5. The molecule has 0 aliphatic heterocycles. The zero-order valence-electron chi connectivity index (χ0n) is 25.5. The molecular formula is C42H29N3O. The van der Waals surface area contributed by atoms with Crippen molar-refractivity contribution in [1.29, 1.82) is 0 Å². The fourth-order valence-corrected chi connectivity index (χ4v) is 7.81. The van der Waals surface area contributed by atoms with Gasteiger partial charge >= 0.3 is 5.84 Å². The second kappa shape index (κ2) is 9.09. The Kier molecular flexibility index (Phi) is 5.03. The quantitative estimate of drug-likeness (QED) is 0.205. The monoisotopic (exact) mass is 591 g/mol. The molecule has 0 atom stereocenters. The van der Waals surface area contributed by atoms with Gasteiger partial charge in [-0.25, -0.2) is 0 Å². The third-order valence-corrected chi connectivity index (χ3v) is 9.99. The minimum atomic E-state index is -0.0996. The first-order chi connectivity index (χ1) is 22.6. The summed E-state index contributed by atoms with van der Waals surface area (Å²) in [5, 5.41) is 2.52. The van der Waals surface area contributed by atoms with Crippen LogP contribution in [0.4, 0.5) is 0 Å². The number of aromatic nitrogens is 3. The van der Waals surface area contributed by atoms with E-state index in [2.05, 4.69) is 150 Å². The van der Waals surface area contributed by atoms with Crippen LogP contribution < -0.4 is 0 Å². The molecule has 4 heteroatoms. The molecule has 3 heterocycles. The van der Waals surface area contributed by atoms with E-state index >= 15 is 0 Å². The average molecular weight is 592 g/mol. The molecule has 0 unspecified atom stereocenters. The molecule has 0 spiro atoms. The maximum atomic E-state index is 6.33. The molecule has 0 saturated carbocycles. The molecule has 0 radical (unpaired) electrons. The van der Waals surface area contributed by atoms with Crippen LogP contribution in [0.5, 0.6) is 0 Å². The van der Waals surface area contributed by atoms with E-state index in [1.54, 1.807) is 0 Å². The van der Waals surface area contributed by atoms with E-state index in [9.17, 15) is 0 Å². The van der Waals surface area contributed by atoms with Crippen LogP contribution in [-0.4, -0.2) is 14.0 Å². The molecule has 46 heavy (non-hydrogen) atoms. The van der Waals surface area contributed by atoms with Crippen LogP contribution in [0.2, 0.25) is 0 Å². The van der Waals surface area contributed by atoms with E-state index in [1.165, 1.54) is 44.1 Å². The van der Waals surface area contributed by atoms with Crippen LogP contribution in [0.25, 0.3) is 78.1 Å². The lowest BCUT2D eigenvalue weighted by Crippen LogP contribution is -2.14. The first kappa shape index (κ1) is 25.5. The summed E-state index contributed by atoms with van der Waals surface area (Å²) in [5.74, 6) is 0.598. The SMILES string of the molecule is CC1(C)c2ccccc2-c2ccc(-c3nc4oc5ccccc5n4c3-c3ccc(-n4c5ccccc5c5ccccc54)cc3)cc21. The smallest absolute Gasteiger partial charge is 0.307 e. The number of benzene rings is 6. The number of hydrogen-bond donors (Lipinski definition) is 0. The Morgan fingerprint density at radius 1 is 0.565 bits per heavy atom. The van der Waals surface area contributed by atoms with Gasteiger partial charge in [-0.1, -0.05) is 111 Å². The van der Waals surface area contributed by atoms with Gasteiger partial charge in [0.15, 0.2) is 5.58 Å². The van der Waals surface area contributed by atoms with Crippen LogP contribution >= 0.6 is 0 Å². The lowest BCUT2D eigenvalue weighted by Gasteiger charge is -2.21. The van der Waals surface area contributed by atoms with Gasteiger partial charge in [0, 0.05) is 33.0 Å². The van der Waals surface area contributed by atoms with Gasteiger partial charge in [0.05, 0.1) is 22.2 Å². The number of nitrogens with zero attached hydrogens (tertiary/aromatic N) is 3. The average Bonchev–Trinajstić information content (AvgIpc) is 3.81. The fraction of sp³-hybridized carbons (Fsp3) is 0.0714. The number of rotatable bonds is 3. The van der Waals surface area contributed by atoms with Crippen LogP contribution in [0.15, 0.2) is 144 Å². The van der Waals surface area contributed by atoms with Crippen LogP contribution in [-0.2, 0) is 5.41 Å². The number of imidazole rings is 1. The minimum absolute atomic E-state index is 0.0996. The van der Waals surface area contributed by atoms with Gasteiger partial charge in [-0.15, -0.1) is 0 Å². The molecule has 4 nitrogen and oxygen atoms in total. The summed E-state index contributed by atoms with van der Waals surface area (Å²) in [6.45, 7) is 4.64. The number of hydrogen-bond acceptors (Lipinski definition) is 2. The van der Waals surface area contributed by atoms with Gasteiger partial charge in [-0.3, -0.25) is 4.40 Å². The summed E-state index contributed by atoms with van der Waals surface area (Å²) in [5.41, 5.74) is 14.7. The van der Waals surface area contributed by atoms with Crippen molar-refractivity contribution in [3.8, 4) is 39.3 Å². The van der Waals surface area contributed by atoms with E-state index in [-0.39, 0.29) is 5.41 Å². The van der Waals surface area contributed by atoms with Crippen molar-refractivity contribution in [1.82, 2.24) is 14.0 Å². The van der Waals surface area contributed by atoms with E-state index in [1.807, 2.05) is 12.1 Å². The predicted molar refractivity (Wildman–Crippen MR) is 188 cm³/mol. The molecule has 0 amide bonds. The van der Waals surface area contributed by atoms with E-state index in [0.717, 1.165) is 39.3 Å². The molecule has 10 rings (SSSR count). The predicted octanol–water partition coefficient (Wildman–Crippen LogP) is 10.8. The van der Waals surface area contributed by atoms with Crippen LogP contribution in [0, 0.1) is 0 Å². The molecule has 0 bridgehead atoms. The van der Waals surface area contributed by atoms with Crippen molar-refractivity contribution in [3.63, 3.8) is 0 Å². The molecule has 1 aliphatic rings. The Morgan fingerprint density at radius 3 is 1.93 bits per heavy atom. The van der Waals surface area contributed by atoms with Gasteiger partial charge < -0.3 is 8.98 Å². The highest BCUT2D eigenvalue weighted by atomic mass is 16.4. The summed E-state index contributed by atoms with van der Waals surface area (Å²) in [6.07, 6.45) is 0. The largest absolute Gasteiger partial charge is 0.423 e. The molecule has 0 N–H and O–H groups in total. The first-order valence-electron chi connectivity index (χ1n) is 15.8.